The molecular weight excluding hydrogens is 375 g/mol. The van der Waals surface area contributed by atoms with Crippen LogP contribution in [0.1, 0.15) is 19.8 Å². The Morgan fingerprint density at radius 2 is 1.73 bits per heavy atom. The minimum atomic E-state index is -3.51. The zero-order valence-corrected chi connectivity index (χ0v) is 16.0. The van der Waals surface area contributed by atoms with E-state index >= 15 is 0 Å². The van der Waals surface area contributed by atoms with Crippen molar-refractivity contribution in [2.24, 2.45) is 0 Å². The summed E-state index contributed by atoms with van der Waals surface area (Å²) in [7, 11) is -3.51. The van der Waals surface area contributed by atoms with Crippen molar-refractivity contribution in [1.82, 2.24) is 4.72 Å². The van der Waals surface area contributed by atoms with Crippen molar-refractivity contribution in [3.05, 3.63) is 54.3 Å². The number of rotatable bonds is 9. The monoisotopic (exact) mass is 396 g/mol. The highest BCUT2D eigenvalue weighted by Gasteiger charge is 2.13. The molecular formula is C18H21FN2O3S2. The molecule has 0 radical (unpaired) electrons. The second kappa shape index (κ2) is 9.70. The van der Waals surface area contributed by atoms with Gasteiger partial charge in [0.2, 0.25) is 15.9 Å². The number of carbonyl (C=O) groups excluding carboxylic acids is 1. The van der Waals surface area contributed by atoms with Crippen LogP contribution in [-0.2, 0) is 14.8 Å². The number of halogens is 1. The van der Waals surface area contributed by atoms with Crippen LogP contribution in [0.2, 0.25) is 0 Å². The number of thioether (sulfide) groups is 1. The van der Waals surface area contributed by atoms with Crippen LogP contribution in [0.3, 0.4) is 0 Å². The van der Waals surface area contributed by atoms with E-state index in [1.165, 1.54) is 36.0 Å². The van der Waals surface area contributed by atoms with Crippen LogP contribution in [0, 0.1) is 5.82 Å². The molecule has 0 atom stereocenters. The van der Waals surface area contributed by atoms with Crippen LogP contribution >= 0.6 is 11.8 Å². The summed E-state index contributed by atoms with van der Waals surface area (Å²) >= 11 is 1.47. The minimum Gasteiger partial charge on any atom is -0.326 e. The second-order valence-corrected chi connectivity index (χ2v) is 8.46. The maximum absolute atomic E-state index is 12.8. The van der Waals surface area contributed by atoms with Crippen molar-refractivity contribution in [2.75, 3.05) is 17.6 Å². The summed E-state index contributed by atoms with van der Waals surface area (Å²) in [6.45, 7) is 2.27. The Bertz CT molecular complexity index is 823. The van der Waals surface area contributed by atoms with Crippen LogP contribution in [0.15, 0.2) is 58.3 Å². The Balaban J connectivity index is 1.82. The Morgan fingerprint density at radius 1 is 1.08 bits per heavy atom. The molecule has 0 spiro atoms. The van der Waals surface area contributed by atoms with E-state index in [0.29, 0.717) is 30.8 Å². The number of anilines is 1. The predicted octanol–water partition coefficient (Wildman–Crippen LogP) is 3.63. The molecule has 2 N–H and O–H groups in total. The number of benzene rings is 2. The topological polar surface area (TPSA) is 75.3 Å². The predicted molar refractivity (Wildman–Crippen MR) is 102 cm³/mol. The van der Waals surface area contributed by atoms with Crippen LogP contribution in [0.5, 0.6) is 0 Å². The molecule has 2 rings (SSSR count). The molecule has 0 saturated heterocycles. The van der Waals surface area contributed by atoms with E-state index in [1.54, 1.807) is 24.3 Å². The maximum Gasteiger partial charge on any atom is 0.240 e. The molecule has 0 unspecified atom stereocenters. The highest BCUT2D eigenvalue weighted by Crippen LogP contribution is 2.19. The fraction of sp³-hybridized carbons (Fsp3) is 0.278. The lowest BCUT2D eigenvalue weighted by molar-refractivity contribution is -0.115. The number of nitrogens with one attached hydrogen (secondary N) is 2. The van der Waals surface area contributed by atoms with Crippen molar-refractivity contribution >= 4 is 33.4 Å². The van der Waals surface area contributed by atoms with Gasteiger partial charge >= 0.3 is 0 Å². The number of hydrogen-bond donors (Lipinski definition) is 2. The van der Waals surface area contributed by atoms with Gasteiger partial charge < -0.3 is 5.32 Å². The van der Waals surface area contributed by atoms with Crippen LogP contribution < -0.4 is 10.0 Å². The first-order chi connectivity index (χ1) is 12.4. The van der Waals surface area contributed by atoms with E-state index in [9.17, 15) is 17.6 Å². The molecule has 2 aromatic rings. The average molecular weight is 397 g/mol. The summed E-state index contributed by atoms with van der Waals surface area (Å²) in [5.74, 6) is 0.104. The van der Waals surface area contributed by atoms with Crippen molar-refractivity contribution in [3.8, 4) is 0 Å². The molecule has 0 fully saturated rings. The molecule has 0 aliphatic rings. The first-order valence-corrected chi connectivity index (χ1v) is 10.7. The van der Waals surface area contributed by atoms with E-state index in [2.05, 4.69) is 10.0 Å². The van der Waals surface area contributed by atoms with Crippen molar-refractivity contribution in [2.45, 2.75) is 29.6 Å². The molecule has 1 amide bonds. The van der Waals surface area contributed by atoms with E-state index in [4.69, 9.17) is 0 Å². The highest BCUT2D eigenvalue weighted by molar-refractivity contribution is 7.99. The van der Waals surface area contributed by atoms with Crippen LogP contribution in [-0.4, -0.2) is 26.6 Å². The van der Waals surface area contributed by atoms with E-state index in [0.717, 1.165) is 4.90 Å². The van der Waals surface area contributed by atoms with E-state index in [1.807, 2.05) is 6.92 Å². The first-order valence-electron chi connectivity index (χ1n) is 8.18. The second-order valence-electron chi connectivity index (χ2n) is 5.52. The van der Waals surface area contributed by atoms with Crippen molar-refractivity contribution in [3.63, 3.8) is 0 Å². The summed E-state index contributed by atoms with van der Waals surface area (Å²) < 4.78 is 39.3. The molecule has 5 nitrogen and oxygen atoms in total. The number of sulfonamides is 1. The molecule has 0 aliphatic heterocycles. The van der Waals surface area contributed by atoms with Crippen molar-refractivity contribution < 1.29 is 17.6 Å². The van der Waals surface area contributed by atoms with E-state index in [-0.39, 0.29) is 16.6 Å². The van der Waals surface area contributed by atoms with Gasteiger partial charge in [-0.15, -0.1) is 11.8 Å². The molecule has 0 saturated carbocycles. The number of hydrogen-bond acceptors (Lipinski definition) is 4. The molecule has 2 aromatic carbocycles. The Morgan fingerprint density at radius 3 is 2.35 bits per heavy atom. The lowest BCUT2D eigenvalue weighted by Crippen LogP contribution is -2.24. The summed E-state index contributed by atoms with van der Waals surface area (Å²) in [5, 5.41) is 2.73. The molecule has 8 heteroatoms. The average Bonchev–Trinajstić information content (AvgIpc) is 2.62. The summed E-state index contributed by atoms with van der Waals surface area (Å²) in [4.78, 5) is 13.0. The number of carbonyl (C=O) groups is 1. The number of amides is 1. The van der Waals surface area contributed by atoms with E-state index < -0.39 is 10.0 Å². The van der Waals surface area contributed by atoms with Gasteiger partial charge in [-0.05, 0) is 55.0 Å². The fourth-order valence-corrected chi connectivity index (χ4v) is 4.04. The Hall–Kier alpha value is -1.90. The van der Waals surface area contributed by atoms with Gasteiger partial charge in [0.25, 0.3) is 0 Å². The smallest absolute Gasteiger partial charge is 0.240 e. The normalized spacial score (nSPS) is 11.3. The minimum absolute atomic E-state index is 0.163. The third-order valence-corrected chi connectivity index (χ3v) is 5.89. The third kappa shape index (κ3) is 6.44. The Labute approximate surface area is 157 Å². The molecule has 0 aliphatic carbocycles. The van der Waals surface area contributed by atoms with Crippen LogP contribution in [0.25, 0.3) is 0 Å². The van der Waals surface area contributed by atoms with Gasteiger partial charge in [-0.1, -0.05) is 6.92 Å². The SMILES string of the molecule is CCCNS(=O)(=O)c1ccc(NC(=O)CCSc2ccc(F)cc2)cc1. The third-order valence-electron chi connectivity index (χ3n) is 3.40. The van der Waals surface area contributed by atoms with Gasteiger partial charge in [-0.25, -0.2) is 17.5 Å². The fourth-order valence-electron chi connectivity index (χ4n) is 2.05. The largest absolute Gasteiger partial charge is 0.326 e. The lowest BCUT2D eigenvalue weighted by Gasteiger charge is -2.08. The first kappa shape index (κ1) is 20.4. The molecule has 26 heavy (non-hydrogen) atoms. The van der Waals surface area contributed by atoms with Gasteiger partial charge in [-0.3, -0.25) is 4.79 Å². The molecule has 140 valence electrons. The zero-order chi connectivity index (χ0) is 19.0. The summed E-state index contributed by atoms with van der Waals surface area (Å²) in [5.41, 5.74) is 0.538. The van der Waals surface area contributed by atoms with Gasteiger partial charge in [0.05, 0.1) is 4.90 Å². The van der Waals surface area contributed by atoms with Gasteiger partial charge in [0, 0.05) is 29.3 Å². The zero-order valence-electron chi connectivity index (χ0n) is 14.4. The van der Waals surface area contributed by atoms with Gasteiger partial charge in [0.15, 0.2) is 0 Å². The lowest BCUT2D eigenvalue weighted by atomic mass is 10.3. The molecule has 0 heterocycles. The standard InChI is InChI=1S/C18H21FN2O3S2/c1-2-12-20-26(23,24)17-9-5-15(6-10-17)21-18(22)11-13-25-16-7-3-14(19)4-8-16/h3-10,20H,2,11-13H2,1H3,(H,21,22). The quantitative estimate of drug-likeness (QED) is 0.635. The molecule has 0 aromatic heterocycles. The summed E-state index contributed by atoms with van der Waals surface area (Å²) in [6, 6.07) is 12.1. The highest BCUT2D eigenvalue weighted by atomic mass is 32.2. The molecule has 0 bridgehead atoms. The van der Waals surface area contributed by atoms with Crippen LogP contribution in [0.4, 0.5) is 10.1 Å². The maximum atomic E-state index is 12.8. The summed E-state index contributed by atoms with van der Waals surface area (Å²) in [6.07, 6.45) is 1.00. The van der Waals surface area contributed by atoms with Gasteiger partial charge in [0.1, 0.15) is 5.82 Å². The van der Waals surface area contributed by atoms with Crippen molar-refractivity contribution in [1.29, 1.82) is 0 Å². The Kier molecular flexibility index (Phi) is 7.62. The van der Waals surface area contributed by atoms with Gasteiger partial charge in [-0.2, -0.15) is 0 Å².